The number of hydrogen-bond acceptors (Lipinski definition) is 5. The molecule has 1 aromatic heterocycles. The Labute approximate surface area is 109 Å². The fourth-order valence-electron chi connectivity index (χ4n) is 1.76. The summed E-state index contributed by atoms with van der Waals surface area (Å²) in [4.78, 5) is 11.0. The highest BCUT2D eigenvalue weighted by Crippen LogP contribution is 2.16. The second-order valence-electron chi connectivity index (χ2n) is 4.71. The van der Waals surface area contributed by atoms with Crippen molar-refractivity contribution in [2.75, 3.05) is 31.1 Å². The van der Waals surface area contributed by atoms with E-state index in [1.54, 1.807) is 0 Å². The molecule has 0 unspecified atom stereocenters. The van der Waals surface area contributed by atoms with E-state index in [9.17, 15) is 0 Å². The lowest BCUT2D eigenvalue weighted by Crippen LogP contribution is -2.34. The fraction of sp³-hybridized carbons (Fsp3) is 0.692. The normalized spacial score (nSPS) is 10.8. The van der Waals surface area contributed by atoms with E-state index in [2.05, 4.69) is 28.7 Å². The third-order valence-corrected chi connectivity index (χ3v) is 2.38. The van der Waals surface area contributed by atoms with Crippen molar-refractivity contribution in [3.05, 3.63) is 11.8 Å². The Bertz CT molecular complexity index is 368. The van der Waals surface area contributed by atoms with E-state index in [0.717, 1.165) is 18.8 Å². The van der Waals surface area contributed by atoms with Gasteiger partial charge >= 0.3 is 0 Å². The highest BCUT2D eigenvalue weighted by molar-refractivity contribution is 5.34. The largest absolute Gasteiger partial charge is 0.478 e. The lowest BCUT2D eigenvalue weighted by atomic mass is 10.2. The second kappa shape index (κ2) is 7.16. The molecule has 0 bridgehead atoms. The molecule has 5 nitrogen and oxygen atoms in total. The summed E-state index contributed by atoms with van der Waals surface area (Å²) >= 11 is 0. The first-order valence-corrected chi connectivity index (χ1v) is 6.50. The Hall–Kier alpha value is -1.36. The van der Waals surface area contributed by atoms with Crippen molar-refractivity contribution in [1.29, 1.82) is 0 Å². The molecule has 2 N–H and O–H groups in total. The van der Waals surface area contributed by atoms with Gasteiger partial charge in [-0.15, -0.1) is 0 Å². The van der Waals surface area contributed by atoms with E-state index >= 15 is 0 Å². The van der Waals surface area contributed by atoms with Crippen molar-refractivity contribution >= 4 is 5.95 Å². The second-order valence-corrected chi connectivity index (χ2v) is 4.71. The summed E-state index contributed by atoms with van der Waals surface area (Å²) in [6.45, 7) is 11.1. The Morgan fingerprint density at radius 3 is 2.67 bits per heavy atom. The van der Waals surface area contributed by atoms with Crippen molar-refractivity contribution < 1.29 is 4.74 Å². The van der Waals surface area contributed by atoms with E-state index in [1.807, 2.05) is 19.9 Å². The molecule has 0 atom stereocenters. The molecule has 0 spiro atoms. The van der Waals surface area contributed by atoms with Gasteiger partial charge in [0.1, 0.15) is 0 Å². The number of aromatic nitrogens is 2. The molecular formula is C13H24N4O. The molecule has 1 rings (SSSR count). The maximum absolute atomic E-state index is 5.65. The first-order valence-electron chi connectivity index (χ1n) is 6.50. The van der Waals surface area contributed by atoms with Crippen molar-refractivity contribution in [3.63, 3.8) is 0 Å². The number of nitrogens with two attached hydrogens (primary N) is 1. The first kappa shape index (κ1) is 14.7. The van der Waals surface area contributed by atoms with Gasteiger partial charge in [-0.3, -0.25) is 0 Å². The lowest BCUT2D eigenvalue weighted by Gasteiger charge is -2.24. The summed E-state index contributed by atoms with van der Waals surface area (Å²) in [5.74, 6) is 1.87. The zero-order valence-electron chi connectivity index (χ0n) is 11.8. The molecule has 5 heteroatoms. The molecule has 0 saturated carbocycles. The van der Waals surface area contributed by atoms with Gasteiger partial charge in [0.25, 0.3) is 0 Å². The van der Waals surface area contributed by atoms with Crippen molar-refractivity contribution in [2.24, 2.45) is 11.7 Å². The SMILES string of the molecule is CCOc1cc(C)nc(N(CCN)CC(C)C)n1. The molecule has 0 radical (unpaired) electrons. The van der Waals surface area contributed by atoms with Gasteiger partial charge in [-0.1, -0.05) is 13.8 Å². The van der Waals surface area contributed by atoms with Gasteiger partial charge in [0.05, 0.1) is 6.61 Å². The van der Waals surface area contributed by atoms with Crippen LogP contribution in [0.15, 0.2) is 6.07 Å². The Morgan fingerprint density at radius 1 is 1.39 bits per heavy atom. The summed E-state index contributed by atoms with van der Waals surface area (Å²) in [5, 5.41) is 0. The Balaban J connectivity index is 2.95. The maximum Gasteiger partial charge on any atom is 0.228 e. The predicted octanol–water partition coefficient (Wildman–Crippen LogP) is 1.60. The fourth-order valence-corrected chi connectivity index (χ4v) is 1.76. The number of ether oxygens (including phenoxy) is 1. The minimum atomic E-state index is 0.538. The summed E-state index contributed by atoms with van der Waals surface area (Å²) in [6.07, 6.45) is 0. The van der Waals surface area contributed by atoms with Gasteiger partial charge in [-0.05, 0) is 19.8 Å². The predicted molar refractivity (Wildman–Crippen MR) is 74.0 cm³/mol. The van der Waals surface area contributed by atoms with Crippen LogP contribution >= 0.6 is 0 Å². The average Bonchev–Trinajstić information content (AvgIpc) is 2.27. The summed E-state index contributed by atoms with van der Waals surface area (Å²) in [6, 6.07) is 1.85. The Kier molecular flexibility index (Phi) is 5.85. The van der Waals surface area contributed by atoms with Crippen LogP contribution in [0.5, 0.6) is 5.88 Å². The van der Waals surface area contributed by atoms with E-state index in [4.69, 9.17) is 10.5 Å². The summed E-state index contributed by atoms with van der Waals surface area (Å²) < 4.78 is 5.45. The van der Waals surface area contributed by atoms with E-state index in [0.29, 0.717) is 30.9 Å². The van der Waals surface area contributed by atoms with Crippen LogP contribution in [-0.4, -0.2) is 36.2 Å². The van der Waals surface area contributed by atoms with Crippen molar-refractivity contribution in [3.8, 4) is 5.88 Å². The molecule has 0 aliphatic heterocycles. The number of rotatable bonds is 7. The van der Waals surface area contributed by atoms with E-state index < -0.39 is 0 Å². The standard InChI is InChI=1S/C13H24N4O/c1-5-18-12-8-11(4)15-13(16-12)17(7-6-14)9-10(2)3/h8,10H,5-7,9,14H2,1-4H3. The van der Waals surface area contributed by atoms with Crippen LogP contribution < -0.4 is 15.4 Å². The number of anilines is 1. The molecular weight excluding hydrogens is 228 g/mol. The Morgan fingerprint density at radius 2 is 2.11 bits per heavy atom. The zero-order chi connectivity index (χ0) is 13.5. The minimum absolute atomic E-state index is 0.538. The van der Waals surface area contributed by atoms with Crippen molar-refractivity contribution in [2.45, 2.75) is 27.7 Å². The molecule has 0 aliphatic carbocycles. The molecule has 18 heavy (non-hydrogen) atoms. The molecule has 0 aromatic carbocycles. The van der Waals surface area contributed by atoms with Crippen LogP contribution in [0.25, 0.3) is 0 Å². The average molecular weight is 252 g/mol. The van der Waals surface area contributed by atoms with Crippen LogP contribution in [0.4, 0.5) is 5.95 Å². The van der Waals surface area contributed by atoms with Crippen molar-refractivity contribution in [1.82, 2.24) is 9.97 Å². The molecule has 1 heterocycles. The van der Waals surface area contributed by atoms with Crippen LogP contribution in [-0.2, 0) is 0 Å². The van der Waals surface area contributed by atoms with E-state index in [-0.39, 0.29) is 0 Å². The first-order chi connectivity index (χ1) is 8.56. The molecule has 0 saturated heterocycles. The highest BCUT2D eigenvalue weighted by atomic mass is 16.5. The molecule has 0 fully saturated rings. The van der Waals surface area contributed by atoms with Gasteiger partial charge < -0.3 is 15.4 Å². The van der Waals surface area contributed by atoms with Gasteiger partial charge in [0.15, 0.2) is 0 Å². The van der Waals surface area contributed by atoms with E-state index in [1.165, 1.54) is 0 Å². The lowest BCUT2D eigenvalue weighted by molar-refractivity contribution is 0.325. The van der Waals surface area contributed by atoms with Gasteiger partial charge in [0.2, 0.25) is 11.8 Å². The molecule has 1 aromatic rings. The molecule has 0 aliphatic rings. The monoisotopic (exact) mass is 252 g/mol. The summed E-state index contributed by atoms with van der Waals surface area (Å²) in [7, 11) is 0. The quantitative estimate of drug-likeness (QED) is 0.798. The topological polar surface area (TPSA) is 64.3 Å². The van der Waals surface area contributed by atoms with Crippen LogP contribution in [0.2, 0.25) is 0 Å². The van der Waals surface area contributed by atoms with Gasteiger partial charge in [-0.25, -0.2) is 4.98 Å². The maximum atomic E-state index is 5.65. The van der Waals surface area contributed by atoms with Gasteiger partial charge in [0, 0.05) is 31.4 Å². The van der Waals surface area contributed by atoms with Crippen LogP contribution in [0.1, 0.15) is 26.5 Å². The highest BCUT2D eigenvalue weighted by Gasteiger charge is 2.12. The number of nitrogens with zero attached hydrogens (tertiary/aromatic N) is 3. The van der Waals surface area contributed by atoms with Crippen LogP contribution in [0.3, 0.4) is 0 Å². The number of aryl methyl sites for hydroxylation is 1. The zero-order valence-corrected chi connectivity index (χ0v) is 11.8. The minimum Gasteiger partial charge on any atom is -0.478 e. The van der Waals surface area contributed by atoms with Crippen LogP contribution in [0, 0.1) is 12.8 Å². The van der Waals surface area contributed by atoms with Gasteiger partial charge in [-0.2, -0.15) is 4.98 Å². The summed E-state index contributed by atoms with van der Waals surface area (Å²) in [5.41, 5.74) is 6.56. The molecule has 0 amide bonds. The third-order valence-electron chi connectivity index (χ3n) is 2.38. The third kappa shape index (κ3) is 4.49. The number of hydrogen-bond donors (Lipinski definition) is 1. The molecule has 102 valence electrons. The smallest absolute Gasteiger partial charge is 0.228 e.